The van der Waals surface area contributed by atoms with Gasteiger partial charge in [-0.15, -0.1) is 0 Å². The van der Waals surface area contributed by atoms with Gasteiger partial charge in [-0.2, -0.15) is 0 Å². The van der Waals surface area contributed by atoms with Gasteiger partial charge in [-0.25, -0.2) is 9.96 Å². The van der Waals surface area contributed by atoms with Crippen molar-refractivity contribution in [2.75, 3.05) is 16.6 Å². The second kappa shape index (κ2) is 9.69. The molecule has 2 amide bonds. The smallest absolute Gasteiger partial charge is 0.266 e. The second-order valence-electron chi connectivity index (χ2n) is 8.63. The Hall–Kier alpha value is -3.64. The first-order chi connectivity index (χ1) is 16.7. The Balaban J connectivity index is 1.41. The Morgan fingerprint density at radius 3 is 2.15 bits per heavy atom. The minimum atomic E-state index is -0.872. The van der Waals surface area contributed by atoms with E-state index in [-0.39, 0.29) is 11.8 Å². The third-order valence-corrected chi connectivity index (χ3v) is 6.38. The molecular formula is C28H28N2O4. The summed E-state index contributed by atoms with van der Waals surface area (Å²) in [4.78, 5) is 34.5. The number of fused-ring (bicyclic) bond motifs is 1. The van der Waals surface area contributed by atoms with Gasteiger partial charge in [0.15, 0.2) is 6.10 Å². The lowest BCUT2D eigenvalue weighted by molar-refractivity contribution is -0.126. The number of nitrogens with zero attached hydrogens (tertiary/aromatic N) is 2. The van der Waals surface area contributed by atoms with Crippen molar-refractivity contribution < 1.29 is 19.2 Å². The Morgan fingerprint density at radius 1 is 0.794 bits per heavy atom. The number of hydrogen-bond donors (Lipinski definition) is 0. The van der Waals surface area contributed by atoms with Crippen LogP contribution in [0.4, 0.5) is 11.4 Å². The van der Waals surface area contributed by atoms with Crippen LogP contribution in [0.3, 0.4) is 0 Å². The van der Waals surface area contributed by atoms with Gasteiger partial charge in [0, 0.05) is 0 Å². The normalized spacial score (nSPS) is 21.7. The van der Waals surface area contributed by atoms with E-state index in [1.165, 1.54) is 4.90 Å². The fourth-order valence-electron chi connectivity index (χ4n) is 4.69. The summed E-state index contributed by atoms with van der Waals surface area (Å²) in [5, 5.41) is 1.71. The number of para-hydroxylation sites is 1. The maximum atomic E-state index is 13.7. The predicted molar refractivity (Wildman–Crippen MR) is 130 cm³/mol. The van der Waals surface area contributed by atoms with Crippen LogP contribution >= 0.6 is 0 Å². The van der Waals surface area contributed by atoms with Crippen molar-refractivity contribution in [2.45, 2.75) is 38.3 Å². The molecule has 174 valence electrons. The van der Waals surface area contributed by atoms with Gasteiger partial charge in [-0.05, 0) is 48.4 Å². The van der Waals surface area contributed by atoms with Crippen LogP contribution in [-0.2, 0) is 14.4 Å². The third-order valence-electron chi connectivity index (χ3n) is 6.38. The molecule has 6 nitrogen and oxygen atoms in total. The van der Waals surface area contributed by atoms with Gasteiger partial charge in [0.25, 0.3) is 5.91 Å². The average molecular weight is 457 g/mol. The van der Waals surface area contributed by atoms with Crippen LogP contribution in [0.2, 0.25) is 0 Å². The van der Waals surface area contributed by atoms with Crippen LogP contribution in [-0.4, -0.2) is 24.5 Å². The highest BCUT2D eigenvalue weighted by atomic mass is 16.7. The average Bonchev–Trinajstić information content (AvgIpc) is 3.39. The Bertz CT molecular complexity index is 1130. The highest BCUT2D eigenvalue weighted by Gasteiger charge is 2.60. The largest absolute Gasteiger partial charge is 0.494 e. The number of benzene rings is 3. The summed E-state index contributed by atoms with van der Waals surface area (Å²) in [5.74, 6) is -0.502. The summed E-state index contributed by atoms with van der Waals surface area (Å²) >= 11 is 0. The van der Waals surface area contributed by atoms with Gasteiger partial charge in [0.05, 0.1) is 24.0 Å². The lowest BCUT2D eigenvalue weighted by atomic mass is 9.90. The molecule has 2 fully saturated rings. The fourth-order valence-corrected chi connectivity index (χ4v) is 4.69. The monoisotopic (exact) mass is 456 g/mol. The van der Waals surface area contributed by atoms with Gasteiger partial charge < -0.3 is 4.74 Å². The highest BCUT2D eigenvalue weighted by Crippen LogP contribution is 2.47. The zero-order chi connectivity index (χ0) is 23.5. The number of carbonyl (C=O) groups is 2. The number of ether oxygens (including phenoxy) is 1. The maximum absolute atomic E-state index is 13.7. The fraction of sp³-hybridized carbons (Fsp3) is 0.286. The molecule has 0 spiro atoms. The predicted octanol–water partition coefficient (Wildman–Crippen LogP) is 5.31. The molecule has 3 aromatic rings. The summed E-state index contributed by atoms with van der Waals surface area (Å²) < 4.78 is 5.77. The van der Waals surface area contributed by atoms with E-state index in [9.17, 15) is 9.59 Å². The summed E-state index contributed by atoms with van der Waals surface area (Å²) in [5.41, 5.74) is 2.27. The summed E-state index contributed by atoms with van der Waals surface area (Å²) in [6.07, 6.45) is 2.39. The molecule has 0 N–H and O–H groups in total. The van der Waals surface area contributed by atoms with E-state index in [1.807, 2.05) is 72.8 Å². The first kappa shape index (κ1) is 22.2. The lowest BCUT2D eigenvalue weighted by Crippen LogP contribution is -2.37. The molecule has 2 aliphatic heterocycles. The van der Waals surface area contributed by atoms with Crippen LogP contribution in [0.1, 0.15) is 37.8 Å². The Kier molecular flexibility index (Phi) is 6.32. The summed E-state index contributed by atoms with van der Waals surface area (Å²) in [6, 6.07) is 26.1. The van der Waals surface area contributed by atoms with E-state index in [1.54, 1.807) is 17.2 Å². The number of anilines is 2. The molecule has 0 unspecified atom stereocenters. The molecule has 2 heterocycles. The van der Waals surface area contributed by atoms with Crippen molar-refractivity contribution in [1.82, 2.24) is 0 Å². The number of carbonyl (C=O) groups excluding carboxylic acids is 2. The molecular weight excluding hydrogens is 428 g/mol. The van der Waals surface area contributed by atoms with Gasteiger partial charge in [0.2, 0.25) is 5.91 Å². The van der Waals surface area contributed by atoms with E-state index >= 15 is 0 Å². The van der Waals surface area contributed by atoms with Crippen molar-refractivity contribution >= 4 is 23.2 Å². The molecule has 0 aromatic heterocycles. The molecule has 0 bridgehead atoms. The summed E-state index contributed by atoms with van der Waals surface area (Å²) in [6.45, 7) is 2.81. The second-order valence-corrected chi connectivity index (χ2v) is 8.63. The van der Waals surface area contributed by atoms with Crippen molar-refractivity contribution in [3.8, 4) is 5.75 Å². The molecule has 3 aromatic carbocycles. The SMILES string of the molecule is CCCCCOc1ccc(N2C(=O)[C@H]3[C@@H](ON(c4ccccc4)[C@H]3c3ccccc3)C2=O)cc1. The number of unbranched alkanes of at least 4 members (excludes halogenated alkanes) is 2. The van der Waals surface area contributed by atoms with Crippen LogP contribution in [0.5, 0.6) is 5.75 Å². The van der Waals surface area contributed by atoms with Crippen LogP contribution in [0, 0.1) is 5.92 Å². The minimum absolute atomic E-state index is 0.251. The number of imide groups is 1. The molecule has 0 aliphatic carbocycles. The van der Waals surface area contributed by atoms with Crippen molar-refractivity contribution in [1.29, 1.82) is 0 Å². The van der Waals surface area contributed by atoms with Gasteiger partial charge >= 0.3 is 0 Å². The maximum Gasteiger partial charge on any atom is 0.266 e. The number of hydrogen-bond acceptors (Lipinski definition) is 5. The summed E-state index contributed by atoms with van der Waals surface area (Å²) in [7, 11) is 0. The van der Waals surface area contributed by atoms with Crippen molar-refractivity contribution in [3.63, 3.8) is 0 Å². The number of hydroxylamine groups is 1. The zero-order valence-corrected chi connectivity index (χ0v) is 19.2. The standard InChI is InChI=1S/C28H28N2O4/c1-2-3-10-19-33-23-17-15-21(16-18-23)29-27(31)24-25(20-11-6-4-7-12-20)30(34-26(24)28(29)32)22-13-8-5-9-14-22/h4-9,11-18,24-26H,2-3,10,19H2,1H3/t24-,25+,26-/m1/s1. The Morgan fingerprint density at radius 2 is 1.47 bits per heavy atom. The molecule has 2 saturated heterocycles. The van der Waals surface area contributed by atoms with E-state index in [2.05, 4.69) is 6.92 Å². The van der Waals surface area contributed by atoms with E-state index < -0.39 is 18.1 Å². The van der Waals surface area contributed by atoms with E-state index in [0.29, 0.717) is 12.3 Å². The number of rotatable bonds is 8. The third kappa shape index (κ3) is 4.05. The molecule has 2 aliphatic rings. The highest BCUT2D eigenvalue weighted by molar-refractivity contribution is 6.23. The first-order valence-corrected chi connectivity index (χ1v) is 11.9. The zero-order valence-electron chi connectivity index (χ0n) is 19.2. The van der Waals surface area contributed by atoms with E-state index in [0.717, 1.165) is 36.3 Å². The topological polar surface area (TPSA) is 59.1 Å². The Labute approximate surface area is 199 Å². The first-order valence-electron chi connectivity index (χ1n) is 11.9. The van der Waals surface area contributed by atoms with Crippen LogP contribution in [0.15, 0.2) is 84.9 Å². The number of amides is 2. The molecule has 0 radical (unpaired) electrons. The van der Waals surface area contributed by atoms with Crippen molar-refractivity contribution in [2.24, 2.45) is 5.92 Å². The molecule has 5 rings (SSSR count). The molecule has 6 heteroatoms. The van der Waals surface area contributed by atoms with Gasteiger partial charge in [0.1, 0.15) is 11.7 Å². The minimum Gasteiger partial charge on any atom is -0.494 e. The quantitative estimate of drug-likeness (QED) is 0.340. The van der Waals surface area contributed by atoms with Crippen LogP contribution < -0.4 is 14.7 Å². The van der Waals surface area contributed by atoms with Crippen LogP contribution in [0.25, 0.3) is 0 Å². The lowest BCUT2D eigenvalue weighted by Gasteiger charge is -2.28. The van der Waals surface area contributed by atoms with Gasteiger partial charge in [-0.1, -0.05) is 68.3 Å². The van der Waals surface area contributed by atoms with Crippen molar-refractivity contribution in [3.05, 3.63) is 90.5 Å². The molecule has 34 heavy (non-hydrogen) atoms. The van der Waals surface area contributed by atoms with E-state index in [4.69, 9.17) is 9.57 Å². The van der Waals surface area contributed by atoms with Gasteiger partial charge in [-0.3, -0.25) is 14.4 Å². The molecule has 0 saturated carbocycles. The molecule has 3 atom stereocenters.